The summed E-state index contributed by atoms with van der Waals surface area (Å²) in [5.74, 6) is 1.24. The normalized spacial score (nSPS) is 17.7. The Balaban J connectivity index is 1.85. The van der Waals surface area contributed by atoms with E-state index in [-0.39, 0.29) is 11.8 Å². The quantitative estimate of drug-likeness (QED) is 0.944. The first kappa shape index (κ1) is 15.8. The highest BCUT2D eigenvalue weighted by molar-refractivity contribution is 5.85. The summed E-state index contributed by atoms with van der Waals surface area (Å²) in [6.45, 7) is 8.63. The molecule has 0 saturated carbocycles. The van der Waals surface area contributed by atoms with E-state index in [1.807, 2.05) is 6.92 Å². The monoisotopic (exact) mass is 311 g/mol. The Bertz CT molecular complexity index is 726. The average molecular weight is 311 g/mol. The van der Waals surface area contributed by atoms with Crippen molar-refractivity contribution in [3.05, 3.63) is 35.4 Å². The lowest BCUT2D eigenvalue weighted by Gasteiger charge is -2.19. The van der Waals surface area contributed by atoms with Crippen LogP contribution in [0.4, 0.5) is 5.82 Å². The lowest BCUT2D eigenvalue weighted by Crippen LogP contribution is -2.32. The van der Waals surface area contributed by atoms with Crippen LogP contribution in [-0.4, -0.2) is 30.5 Å². The van der Waals surface area contributed by atoms with Crippen molar-refractivity contribution < 1.29 is 4.79 Å². The molecule has 3 rings (SSSR count). The number of carbonyl (C=O) groups is 1. The molecule has 2 heterocycles. The van der Waals surface area contributed by atoms with Crippen molar-refractivity contribution in [2.45, 2.75) is 33.6 Å². The standard InChI is InChI=1S/C19H25N3O/c1-4-14-6-7-17-16(11-14)13(3)10-18(21-17)22-9-8-15(12-22)19(23)20-5-2/h6-7,10-11,15H,4-5,8-9,12H2,1-3H3,(H,20,23). The molecule has 4 heteroatoms. The van der Waals surface area contributed by atoms with Gasteiger partial charge in [-0.2, -0.15) is 0 Å². The third-order valence-corrected chi connectivity index (χ3v) is 4.71. The van der Waals surface area contributed by atoms with Crippen molar-refractivity contribution >= 4 is 22.6 Å². The third-order valence-electron chi connectivity index (χ3n) is 4.71. The van der Waals surface area contributed by atoms with E-state index in [1.165, 1.54) is 16.5 Å². The summed E-state index contributed by atoms with van der Waals surface area (Å²) in [6, 6.07) is 8.66. The zero-order valence-electron chi connectivity index (χ0n) is 14.2. The van der Waals surface area contributed by atoms with Crippen molar-refractivity contribution in [2.24, 2.45) is 5.92 Å². The minimum absolute atomic E-state index is 0.0789. The molecule has 1 unspecified atom stereocenters. The molecule has 1 aliphatic heterocycles. The van der Waals surface area contributed by atoms with Crippen LogP contribution in [0.25, 0.3) is 10.9 Å². The van der Waals surface area contributed by atoms with Gasteiger partial charge >= 0.3 is 0 Å². The summed E-state index contributed by atoms with van der Waals surface area (Å²) in [5.41, 5.74) is 3.63. The van der Waals surface area contributed by atoms with Crippen LogP contribution in [0.3, 0.4) is 0 Å². The van der Waals surface area contributed by atoms with Gasteiger partial charge in [-0.3, -0.25) is 4.79 Å². The molecule has 1 atom stereocenters. The maximum absolute atomic E-state index is 12.0. The average Bonchev–Trinajstić information content (AvgIpc) is 3.05. The molecule has 122 valence electrons. The number of fused-ring (bicyclic) bond motifs is 1. The van der Waals surface area contributed by atoms with Gasteiger partial charge in [-0.15, -0.1) is 0 Å². The molecule has 0 bridgehead atoms. The zero-order chi connectivity index (χ0) is 16.4. The first-order valence-electron chi connectivity index (χ1n) is 8.55. The highest BCUT2D eigenvalue weighted by atomic mass is 16.1. The topological polar surface area (TPSA) is 45.2 Å². The van der Waals surface area contributed by atoms with Gasteiger partial charge in [0.05, 0.1) is 11.4 Å². The van der Waals surface area contributed by atoms with E-state index in [4.69, 9.17) is 4.98 Å². The SMILES string of the molecule is CCNC(=O)C1CCN(c2cc(C)c3cc(CC)ccc3n2)C1. The predicted octanol–water partition coefficient (Wildman–Crippen LogP) is 3.07. The van der Waals surface area contributed by atoms with E-state index >= 15 is 0 Å². The Hall–Kier alpha value is -2.10. The first-order valence-corrected chi connectivity index (χ1v) is 8.55. The summed E-state index contributed by atoms with van der Waals surface area (Å²) in [4.78, 5) is 19.1. The van der Waals surface area contributed by atoms with Crippen molar-refractivity contribution in [3.63, 3.8) is 0 Å². The lowest BCUT2D eigenvalue weighted by molar-refractivity contribution is -0.124. The molecule has 1 fully saturated rings. The summed E-state index contributed by atoms with van der Waals surface area (Å²) >= 11 is 0. The van der Waals surface area contributed by atoms with Gasteiger partial charge in [0.25, 0.3) is 0 Å². The van der Waals surface area contributed by atoms with Crippen molar-refractivity contribution in [1.29, 1.82) is 0 Å². The summed E-state index contributed by atoms with van der Waals surface area (Å²) in [6.07, 6.45) is 1.94. The van der Waals surface area contributed by atoms with Gasteiger partial charge in [-0.1, -0.05) is 13.0 Å². The van der Waals surface area contributed by atoms with E-state index in [0.29, 0.717) is 6.54 Å². The molecule has 1 saturated heterocycles. The van der Waals surface area contributed by atoms with Crippen molar-refractivity contribution in [2.75, 3.05) is 24.5 Å². The number of nitrogens with one attached hydrogen (secondary N) is 1. The molecule has 1 aromatic carbocycles. The molecule has 0 spiro atoms. The Labute approximate surface area is 137 Å². The Kier molecular flexibility index (Phi) is 4.51. The molecule has 4 nitrogen and oxygen atoms in total. The van der Waals surface area contributed by atoms with E-state index in [9.17, 15) is 4.79 Å². The van der Waals surface area contributed by atoms with Crippen molar-refractivity contribution in [1.82, 2.24) is 10.3 Å². The number of aromatic nitrogens is 1. The smallest absolute Gasteiger partial charge is 0.224 e. The Morgan fingerprint density at radius 3 is 2.91 bits per heavy atom. The minimum atomic E-state index is 0.0789. The van der Waals surface area contributed by atoms with Crippen LogP contribution in [0.1, 0.15) is 31.4 Å². The van der Waals surface area contributed by atoms with E-state index < -0.39 is 0 Å². The largest absolute Gasteiger partial charge is 0.356 e. The minimum Gasteiger partial charge on any atom is -0.356 e. The predicted molar refractivity (Wildman–Crippen MR) is 94.9 cm³/mol. The molecule has 1 aromatic heterocycles. The van der Waals surface area contributed by atoms with Gasteiger partial charge in [0.15, 0.2) is 0 Å². The molecule has 23 heavy (non-hydrogen) atoms. The van der Waals surface area contributed by atoms with Gasteiger partial charge in [-0.05, 0) is 56.0 Å². The molecule has 1 amide bonds. The van der Waals surface area contributed by atoms with Crippen LogP contribution in [0.15, 0.2) is 24.3 Å². The second kappa shape index (κ2) is 6.57. The first-order chi connectivity index (χ1) is 11.1. The van der Waals surface area contributed by atoms with Crippen LogP contribution < -0.4 is 10.2 Å². The number of benzene rings is 1. The third kappa shape index (κ3) is 3.16. The summed E-state index contributed by atoms with van der Waals surface area (Å²) in [7, 11) is 0. The van der Waals surface area contributed by atoms with E-state index in [2.05, 4.69) is 48.3 Å². The zero-order valence-corrected chi connectivity index (χ0v) is 14.2. The molecule has 2 aromatic rings. The number of anilines is 1. The number of carbonyl (C=O) groups excluding carboxylic acids is 1. The maximum Gasteiger partial charge on any atom is 0.224 e. The molecule has 0 aliphatic carbocycles. The molecular weight excluding hydrogens is 286 g/mol. The lowest BCUT2D eigenvalue weighted by atomic mass is 10.1. The number of pyridine rings is 1. The number of amides is 1. The fourth-order valence-electron chi connectivity index (χ4n) is 3.31. The molecule has 0 radical (unpaired) electrons. The highest BCUT2D eigenvalue weighted by Gasteiger charge is 2.28. The summed E-state index contributed by atoms with van der Waals surface area (Å²) < 4.78 is 0. The van der Waals surface area contributed by atoms with Crippen LogP contribution >= 0.6 is 0 Å². The van der Waals surface area contributed by atoms with Crippen molar-refractivity contribution in [3.8, 4) is 0 Å². The number of hydrogen-bond donors (Lipinski definition) is 1. The van der Waals surface area contributed by atoms with Gasteiger partial charge in [0.1, 0.15) is 5.82 Å². The number of hydrogen-bond acceptors (Lipinski definition) is 3. The Morgan fingerprint density at radius 2 is 2.17 bits per heavy atom. The number of rotatable bonds is 4. The fraction of sp³-hybridized carbons (Fsp3) is 0.474. The van der Waals surface area contributed by atoms with Crippen LogP contribution in [0.5, 0.6) is 0 Å². The van der Waals surface area contributed by atoms with Crippen LogP contribution in [-0.2, 0) is 11.2 Å². The van der Waals surface area contributed by atoms with Gasteiger partial charge in [-0.25, -0.2) is 4.98 Å². The summed E-state index contributed by atoms with van der Waals surface area (Å²) in [5, 5.41) is 4.16. The van der Waals surface area contributed by atoms with Crippen LogP contribution in [0.2, 0.25) is 0 Å². The fourth-order valence-corrected chi connectivity index (χ4v) is 3.31. The molecule has 1 aliphatic rings. The second-order valence-electron chi connectivity index (χ2n) is 6.33. The van der Waals surface area contributed by atoms with Gasteiger partial charge in [0.2, 0.25) is 5.91 Å². The Morgan fingerprint density at radius 1 is 1.35 bits per heavy atom. The van der Waals surface area contributed by atoms with Gasteiger partial charge in [0, 0.05) is 25.0 Å². The van der Waals surface area contributed by atoms with E-state index in [1.54, 1.807) is 0 Å². The maximum atomic E-state index is 12.0. The molecular formula is C19H25N3O. The van der Waals surface area contributed by atoms with Crippen LogP contribution in [0, 0.1) is 12.8 Å². The number of nitrogens with zero attached hydrogens (tertiary/aromatic N) is 2. The number of aryl methyl sites for hydroxylation is 2. The molecule has 1 N–H and O–H groups in total. The highest BCUT2D eigenvalue weighted by Crippen LogP contribution is 2.27. The van der Waals surface area contributed by atoms with Gasteiger partial charge < -0.3 is 10.2 Å². The van der Waals surface area contributed by atoms with E-state index in [0.717, 1.165) is 37.3 Å². The second-order valence-corrected chi connectivity index (χ2v) is 6.33.